The smallest absolute Gasteiger partial charge is 0.224 e. The molecule has 0 unspecified atom stereocenters. The Balaban J connectivity index is 1.34. The van der Waals surface area contributed by atoms with E-state index in [1.54, 1.807) is 24.3 Å². The summed E-state index contributed by atoms with van der Waals surface area (Å²) in [6.07, 6.45) is 17.2. The van der Waals surface area contributed by atoms with Crippen molar-refractivity contribution in [1.29, 1.82) is 0 Å². The topological polar surface area (TPSA) is 96.6 Å². The van der Waals surface area contributed by atoms with Gasteiger partial charge in [-0.15, -0.1) is 0 Å². The predicted molar refractivity (Wildman–Crippen MR) is 139 cm³/mol. The van der Waals surface area contributed by atoms with Crippen molar-refractivity contribution >= 4 is 28.3 Å². The summed E-state index contributed by atoms with van der Waals surface area (Å²) in [5.74, 6) is 0.118. The third kappa shape index (κ3) is 8.32. The number of hydrogen-bond acceptors (Lipinski definition) is 5. The van der Waals surface area contributed by atoms with Gasteiger partial charge in [-0.1, -0.05) is 63.7 Å². The van der Waals surface area contributed by atoms with Crippen molar-refractivity contribution in [2.75, 3.05) is 5.32 Å². The lowest BCUT2D eigenvalue weighted by Gasteiger charge is -2.15. The highest BCUT2D eigenvalue weighted by atomic mass is 16.3. The highest BCUT2D eigenvalue weighted by molar-refractivity contribution is 5.95. The fraction of sp³-hybridized carbons (Fsp3) is 0.483. The average molecular weight is 480 g/mol. The van der Waals surface area contributed by atoms with Crippen molar-refractivity contribution in [1.82, 2.24) is 0 Å². The summed E-state index contributed by atoms with van der Waals surface area (Å²) >= 11 is 0. The first-order valence-electron chi connectivity index (χ1n) is 12.9. The number of amides is 1. The second-order valence-electron chi connectivity index (χ2n) is 9.39. The molecule has 2 aromatic rings. The van der Waals surface area contributed by atoms with Crippen LogP contribution in [0.1, 0.15) is 71.1 Å². The second-order valence-corrected chi connectivity index (χ2v) is 9.39. The van der Waals surface area contributed by atoms with Crippen molar-refractivity contribution in [2.24, 2.45) is 11.8 Å². The van der Waals surface area contributed by atoms with E-state index in [1.165, 1.54) is 12.3 Å². The average Bonchev–Trinajstić information content (AvgIpc) is 3.20. The minimum Gasteiger partial charge on any atom is -0.464 e. The lowest BCUT2D eigenvalue weighted by Crippen LogP contribution is -2.15. The molecule has 1 aliphatic rings. The van der Waals surface area contributed by atoms with Gasteiger partial charge < -0.3 is 14.8 Å². The predicted octanol–water partition coefficient (Wildman–Crippen LogP) is 5.94. The van der Waals surface area contributed by atoms with Crippen LogP contribution >= 0.6 is 0 Å². The minimum absolute atomic E-state index is 0.0389. The maximum atomic E-state index is 12.3. The van der Waals surface area contributed by atoms with Crippen LogP contribution in [0.4, 0.5) is 5.69 Å². The fourth-order valence-electron chi connectivity index (χ4n) is 4.53. The molecule has 1 heterocycles. The van der Waals surface area contributed by atoms with E-state index in [0.717, 1.165) is 57.8 Å². The lowest BCUT2D eigenvalue weighted by atomic mass is 9.88. The molecule has 0 bridgehead atoms. The number of fused-ring (bicyclic) bond motifs is 1. The summed E-state index contributed by atoms with van der Waals surface area (Å²) in [7, 11) is 0. The van der Waals surface area contributed by atoms with Gasteiger partial charge in [-0.3, -0.25) is 14.4 Å². The highest BCUT2D eigenvalue weighted by Crippen LogP contribution is 2.29. The number of unbranched alkanes of at least 4 members (excludes halogenated alkanes) is 5. The summed E-state index contributed by atoms with van der Waals surface area (Å²) in [5, 5.41) is 13.4. The third-order valence-corrected chi connectivity index (χ3v) is 6.58. The summed E-state index contributed by atoms with van der Waals surface area (Å²) in [6.45, 7) is 2.14. The number of aliphatic hydroxyl groups excluding tert-OH is 1. The van der Waals surface area contributed by atoms with Crippen LogP contribution < -0.4 is 10.7 Å². The molecule has 0 saturated carbocycles. The molecule has 3 rings (SSSR count). The SMILES string of the molecule is CCCCC[C@H](O)/C=C/[C@H]1C=CC(=O)[C@@H]1CCCCCCC(=O)Nc1ccc2occc(=O)c2c1. The van der Waals surface area contributed by atoms with E-state index in [9.17, 15) is 19.5 Å². The van der Waals surface area contributed by atoms with Gasteiger partial charge in [0.05, 0.1) is 17.8 Å². The largest absolute Gasteiger partial charge is 0.464 e. The first-order chi connectivity index (χ1) is 17.0. The molecule has 0 aliphatic heterocycles. The maximum absolute atomic E-state index is 12.3. The number of ketones is 1. The summed E-state index contributed by atoms with van der Waals surface area (Å²) in [6, 6.07) is 6.41. The number of hydrogen-bond donors (Lipinski definition) is 2. The molecule has 3 atom stereocenters. The molecule has 6 nitrogen and oxygen atoms in total. The van der Waals surface area contributed by atoms with Gasteiger partial charge in [-0.2, -0.15) is 0 Å². The van der Waals surface area contributed by atoms with Crippen LogP contribution in [0.25, 0.3) is 11.0 Å². The Morgan fingerprint density at radius 2 is 1.94 bits per heavy atom. The lowest BCUT2D eigenvalue weighted by molar-refractivity contribution is -0.118. The van der Waals surface area contributed by atoms with Crippen LogP contribution in [0.15, 0.2) is 64.0 Å². The van der Waals surface area contributed by atoms with Crippen molar-refractivity contribution in [3.05, 3.63) is 65.1 Å². The zero-order valence-corrected chi connectivity index (χ0v) is 20.6. The monoisotopic (exact) mass is 479 g/mol. The Bertz CT molecular complexity index is 1100. The third-order valence-electron chi connectivity index (χ3n) is 6.58. The number of anilines is 1. The Hall–Kier alpha value is -2.99. The van der Waals surface area contributed by atoms with Crippen LogP contribution in [0.3, 0.4) is 0 Å². The van der Waals surface area contributed by atoms with Crippen molar-refractivity contribution in [3.8, 4) is 0 Å². The molecule has 0 fully saturated rings. The maximum Gasteiger partial charge on any atom is 0.224 e. The number of aliphatic hydroxyl groups is 1. The quantitative estimate of drug-likeness (QED) is 0.258. The summed E-state index contributed by atoms with van der Waals surface area (Å²) in [5.41, 5.74) is 0.939. The molecule has 35 heavy (non-hydrogen) atoms. The van der Waals surface area contributed by atoms with Crippen LogP contribution in [-0.2, 0) is 9.59 Å². The van der Waals surface area contributed by atoms with E-state index in [2.05, 4.69) is 12.2 Å². The number of benzene rings is 1. The first kappa shape index (κ1) is 26.6. The number of allylic oxidation sites excluding steroid dienone is 3. The van der Waals surface area contributed by atoms with Crippen LogP contribution in [-0.4, -0.2) is 22.9 Å². The van der Waals surface area contributed by atoms with Gasteiger partial charge in [0.1, 0.15) is 5.58 Å². The van der Waals surface area contributed by atoms with Crippen LogP contribution in [0.2, 0.25) is 0 Å². The molecule has 188 valence electrons. The Morgan fingerprint density at radius 3 is 2.77 bits per heavy atom. The van der Waals surface area contributed by atoms with Gasteiger partial charge in [-0.25, -0.2) is 0 Å². The molecule has 1 amide bonds. The number of rotatable bonds is 14. The molecule has 6 heteroatoms. The van der Waals surface area contributed by atoms with Gasteiger partial charge >= 0.3 is 0 Å². The van der Waals surface area contributed by atoms with Crippen molar-refractivity contribution < 1.29 is 19.1 Å². The van der Waals surface area contributed by atoms with E-state index in [-0.39, 0.29) is 29.0 Å². The molecular formula is C29H37NO5. The molecule has 1 aromatic carbocycles. The highest BCUT2D eigenvalue weighted by Gasteiger charge is 2.27. The fourth-order valence-corrected chi connectivity index (χ4v) is 4.53. The van der Waals surface area contributed by atoms with Gasteiger partial charge in [-0.05, 0) is 43.5 Å². The zero-order chi connectivity index (χ0) is 25.0. The second kappa shape index (κ2) is 13.8. The van der Waals surface area contributed by atoms with E-state index in [4.69, 9.17) is 4.42 Å². The van der Waals surface area contributed by atoms with Crippen molar-refractivity contribution in [2.45, 2.75) is 77.2 Å². The van der Waals surface area contributed by atoms with E-state index in [1.807, 2.05) is 18.2 Å². The first-order valence-corrected chi connectivity index (χ1v) is 12.9. The van der Waals surface area contributed by atoms with E-state index < -0.39 is 6.10 Å². The molecule has 0 saturated heterocycles. The van der Waals surface area contributed by atoms with E-state index >= 15 is 0 Å². The Kier molecular flexibility index (Phi) is 10.5. The summed E-state index contributed by atoms with van der Waals surface area (Å²) in [4.78, 5) is 36.5. The van der Waals surface area contributed by atoms with Gasteiger partial charge in [0.25, 0.3) is 0 Å². The Labute approximate surface area is 207 Å². The molecular weight excluding hydrogens is 442 g/mol. The normalized spacial score (nSPS) is 18.5. The Morgan fingerprint density at radius 1 is 1.11 bits per heavy atom. The molecule has 1 aromatic heterocycles. The molecule has 2 N–H and O–H groups in total. The molecule has 0 radical (unpaired) electrons. The van der Waals surface area contributed by atoms with Gasteiger partial charge in [0.15, 0.2) is 11.2 Å². The van der Waals surface area contributed by atoms with Crippen molar-refractivity contribution in [3.63, 3.8) is 0 Å². The number of nitrogens with one attached hydrogen (secondary N) is 1. The standard InChI is InChI=1S/C29H37NO5/c1-2-3-6-9-23(31)15-12-21-13-16-26(32)24(21)10-7-4-5-8-11-29(34)30-22-14-17-28-25(20-22)27(33)18-19-35-28/h12-21,23-24,31H,2-11H2,1H3,(H,30,34)/b15-12+/t21-,23-,24+/m0/s1. The minimum atomic E-state index is -0.440. The number of carbonyl (C=O) groups is 2. The van der Waals surface area contributed by atoms with E-state index in [0.29, 0.717) is 23.1 Å². The van der Waals surface area contributed by atoms with Crippen LogP contribution in [0.5, 0.6) is 0 Å². The van der Waals surface area contributed by atoms with Gasteiger partial charge in [0, 0.05) is 30.0 Å². The summed E-state index contributed by atoms with van der Waals surface area (Å²) < 4.78 is 5.29. The molecule has 0 spiro atoms. The molecule has 1 aliphatic carbocycles. The zero-order valence-electron chi connectivity index (χ0n) is 20.6. The number of carbonyl (C=O) groups excluding carboxylic acids is 2. The van der Waals surface area contributed by atoms with Gasteiger partial charge in [0.2, 0.25) is 5.91 Å². The van der Waals surface area contributed by atoms with Crippen LogP contribution in [0, 0.1) is 11.8 Å².